The van der Waals surface area contributed by atoms with Crippen LogP contribution in [0.2, 0.25) is 0 Å². The van der Waals surface area contributed by atoms with E-state index in [-0.39, 0.29) is 31.8 Å². The average Bonchev–Trinajstić information content (AvgIpc) is 3.28. The molecule has 0 saturated carbocycles. The van der Waals surface area contributed by atoms with Crippen LogP contribution in [0.5, 0.6) is 11.5 Å². The van der Waals surface area contributed by atoms with Crippen molar-refractivity contribution < 1.29 is 33.4 Å². The van der Waals surface area contributed by atoms with E-state index in [1.807, 2.05) is 110 Å². The molecule has 0 unspecified atom stereocenters. The molecule has 5 aromatic carbocycles. The van der Waals surface area contributed by atoms with Crippen molar-refractivity contribution in [1.29, 1.82) is 0 Å². The van der Waals surface area contributed by atoms with Crippen molar-refractivity contribution in [1.82, 2.24) is 16.0 Å². The van der Waals surface area contributed by atoms with E-state index in [1.54, 1.807) is 12.2 Å². The summed E-state index contributed by atoms with van der Waals surface area (Å²) in [5.41, 5.74) is 8.21. The third-order valence-corrected chi connectivity index (χ3v) is 10.4. The number of unbranched alkanes of at least 4 members (excludes halogenated alkanes) is 1. The summed E-state index contributed by atoms with van der Waals surface area (Å²) >= 11 is 0. The first kappa shape index (κ1) is 45.8. The van der Waals surface area contributed by atoms with Crippen LogP contribution in [0.1, 0.15) is 50.5 Å². The van der Waals surface area contributed by atoms with E-state index < -0.39 is 35.8 Å². The minimum absolute atomic E-state index is 0.0533. The molecule has 0 aliphatic rings. The molecule has 0 aliphatic carbocycles. The fourth-order valence-corrected chi connectivity index (χ4v) is 7.33. The van der Waals surface area contributed by atoms with Crippen LogP contribution in [0.3, 0.4) is 0 Å². The third-order valence-electron chi connectivity index (χ3n) is 10.4. The molecule has 0 aromatic heterocycles. The molecule has 0 aliphatic heterocycles. The van der Waals surface area contributed by atoms with Gasteiger partial charge in [-0.2, -0.15) is 0 Å². The summed E-state index contributed by atoms with van der Waals surface area (Å²) in [6, 6.07) is 31.1. The van der Waals surface area contributed by atoms with E-state index in [9.17, 15) is 19.2 Å². The van der Waals surface area contributed by atoms with Crippen molar-refractivity contribution in [3.05, 3.63) is 134 Å². The fourth-order valence-electron chi connectivity index (χ4n) is 7.33. The number of nitrogens with one attached hydrogen (secondary N) is 3. The van der Waals surface area contributed by atoms with Crippen molar-refractivity contribution in [3.8, 4) is 22.6 Å². The molecule has 0 bridgehead atoms. The first-order chi connectivity index (χ1) is 29.8. The van der Waals surface area contributed by atoms with Crippen LogP contribution in [0.4, 0.5) is 0 Å². The molecule has 5 N–H and O–H groups in total. The lowest BCUT2D eigenvalue weighted by Gasteiger charge is -2.24. The molecule has 2 amide bonds. The van der Waals surface area contributed by atoms with Gasteiger partial charge in [0.05, 0.1) is 6.04 Å². The van der Waals surface area contributed by atoms with Crippen molar-refractivity contribution in [3.63, 3.8) is 0 Å². The molecule has 11 nitrogen and oxygen atoms in total. The molecule has 3 atom stereocenters. The van der Waals surface area contributed by atoms with Gasteiger partial charge < -0.3 is 35.9 Å². The molecule has 0 heterocycles. The van der Waals surface area contributed by atoms with E-state index in [4.69, 9.17) is 19.9 Å². The number of rotatable bonds is 26. The number of amides is 2. The number of ether oxygens (including phenoxy) is 3. The maximum absolute atomic E-state index is 14.1. The van der Waals surface area contributed by atoms with Gasteiger partial charge in [-0.25, -0.2) is 4.79 Å². The standard InChI is InChI=1S/C50H58N4O7/c1-4-16-42(50(58)61-33-35-17-7-6-8-18-35)54-49(57)38(21-15-30-52-3)32-43(55)41(24-13-14-29-51)53-46(56)34-60-45-28-26-37-20-10-12-23-40(37)48(45)47-39-22-11-9-19-36(39)25-27-44(47)59-31-5-2/h4-12,17-20,22-23,25-28,38,41-42,52H,1-2,13-16,21,24,29-34,51H2,3H3,(H,53,56)(H,54,57)/t38-,41+,42-/m0/s1. The number of carbonyl (C=O) groups excluding carboxylic acids is 4. The maximum atomic E-state index is 14.1. The van der Waals surface area contributed by atoms with E-state index in [0.29, 0.717) is 63.3 Å². The number of esters is 1. The number of hydrogen-bond donors (Lipinski definition) is 4. The number of nitrogens with two attached hydrogens (primary N) is 1. The highest BCUT2D eigenvalue weighted by Crippen LogP contribution is 2.45. The van der Waals surface area contributed by atoms with Crippen LogP contribution in [-0.4, -0.2) is 69.0 Å². The van der Waals surface area contributed by atoms with Gasteiger partial charge in [0.2, 0.25) is 5.91 Å². The quantitative estimate of drug-likeness (QED) is 0.0250. The SMILES string of the molecule is C=CCOc1ccc2ccccc2c1-c1c(OCC(=O)N[C@H](CCCCN)C(=O)C[C@H](CCCNC)C(=O)N[C@@H](CC=C)C(=O)OCc2ccccc2)ccc2ccccc12. The smallest absolute Gasteiger partial charge is 0.329 e. The lowest BCUT2D eigenvalue weighted by molar-refractivity contribution is -0.149. The lowest BCUT2D eigenvalue weighted by Crippen LogP contribution is -2.47. The van der Waals surface area contributed by atoms with Gasteiger partial charge in [0.15, 0.2) is 12.4 Å². The number of carbonyl (C=O) groups is 4. The van der Waals surface area contributed by atoms with Gasteiger partial charge in [-0.3, -0.25) is 14.4 Å². The highest BCUT2D eigenvalue weighted by atomic mass is 16.5. The molecular weight excluding hydrogens is 769 g/mol. The van der Waals surface area contributed by atoms with Gasteiger partial charge in [-0.1, -0.05) is 110 Å². The fraction of sp³-hybridized carbons (Fsp3) is 0.320. The van der Waals surface area contributed by atoms with E-state index in [2.05, 4.69) is 29.1 Å². The van der Waals surface area contributed by atoms with Crippen molar-refractivity contribution >= 4 is 45.1 Å². The maximum Gasteiger partial charge on any atom is 0.329 e. The molecule has 5 rings (SSSR count). The Kier molecular flexibility index (Phi) is 18.1. The second-order valence-corrected chi connectivity index (χ2v) is 14.9. The average molecular weight is 827 g/mol. The third kappa shape index (κ3) is 13.1. The number of ketones is 1. The Balaban J connectivity index is 1.35. The highest BCUT2D eigenvalue weighted by molar-refractivity contribution is 6.10. The van der Waals surface area contributed by atoms with Crippen LogP contribution < -0.4 is 31.2 Å². The van der Waals surface area contributed by atoms with Gasteiger partial charge in [0.25, 0.3) is 5.91 Å². The Morgan fingerprint density at radius 1 is 0.705 bits per heavy atom. The zero-order valence-electron chi connectivity index (χ0n) is 35.0. The van der Waals surface area contributed by atoms with Gasteiger partial charge in [0, 0.05) is 23.5 Å². The molecular formula is C50H58N4O7. The summed E-state index contributed by atoms with van der Waals surface area (Å²) in [7, 11) is 1.81. The summed E-state index contributed by atoms with van der Waals surface area (Å²) in [5.74, 6) is -1.49. The topological polar surface area (TPSA) is 158 Å². The molecule has 61 heavy (non-hydrogen) atoms. The second kappa shape index (κ2) is 24.1. The summed E-state index contributed by atoms with van der Waals surface area (Å²) in [6.07, 6.45) is 5.79. The molecule has 0 radical (unpaired) electrons. The highest BCUT2D eigenvalue weighted by Gasteiger charge is 2.31. The van der Waals surface area contributed by atoms with Gasteiger partial charge in [-0.15, -0.1) is 6.58 Å². The van der Waals surface area contributed by atoms with Crippen molar-refractivity contribution in [2.45, 2.75) is 63.6 Å². The molecule has 0 saturated heterocycles. The lowest BCUT2D eigenvalue weighted by atomic mass is 9.91. The minimum Gasteiger partial charge on any atom is -0.489 e. The predicted molar refractivity (Wildman–Crippen MR) is 242 cm³/mol. The van der Waals surface area contributed by atoms with Gasteiger partial charge in [0.1, 0.15) is 30.8 Å². The molecule has 11 heteroatoms. The number of hydrogen-bond acceptors (Lipinski definition) is 9. The van der Waals surface area contributed by atoms with Gasteiger partial charge >= 0.3 is 5.97 Å². The van der Waals surface area contributed by atoms with Crippen molar-refractivity contribution in [2.75, 3.05) is 33.4 Å². The Labute approximate surface area is 358 Å². The largest absolute Gasteiger partial charge is 0.489 e. The first-order valence-electron chi connectivity index (χ1n) is 21.0. The normalized spacial score (nSPS) is 12.5. The monoisotopic (exact) mass is 826 g/mol. The number of Topliss-reactive ketones (excluding diaryl/α,β-unsaturated/α-hetero) is 1. The summed E-state index contributed by atoms with van der Waals surface area (Å²) in [5, 5.41) is 12.7. The Bertz CT molecular complexity index is 2260. The zero-order valence-corrected chi connectivity index (χ0v) is 35.0. The Morgan fingerprint density at radius 3 is 1.97 bits per heavy atom. The van der Waals surface area contributed by atoms with E-state index in [0.717, 1.165) is 38.2 Å². The van der Waals surface area contributed by atoms with E-state index in [1.165, 1.54) is 0 Å². The number of benzene rings is 5. The summed E-state index contributed by atoms with van der Waals surface area (Å²) in [4.78, 5) is 54.9. The molecule has 320 valence electrons. The molecule has 0 fully saturated rings. The Morgan fingerprint density at radius 2 is 1.34 bits per heavy atom. The van der Waals surface area contributed by atoms with Crippen LogP contribution in [0.15, 0.2) is 128 Å². The first-order valence-corrected chi connectivity index (χ1v) is 21.0. The van der Waals surface area contributed by atoms with Crippen molar-refractivity contribution in [2.24, 2.45) is 11.7 Å². The van der Waals surface area contributed by atoms with E-state index >= 15 is 0 Å². The van der Waals surface area contributed by atoms with Gasteiger partial charge in [-0.05, 0) is 97.9 Å². The predicted octanol–water partition coefficient (Wildman–Crippen LogP) is 7.60. The summed E-state index contributed by atoms with van der Waals surface area (Å²) in [6.45, 7) is 8.61. The number of fused-ring (bicyclic) bond motifs is 2. The Hall–Kier alpha value is -6.30. The second-order valence-electron chi connectivity index (χ2n) is 14.9. The van der Waals surface area contributed by atoms with Crippen LogP contribution in [0.25, 0.3) is 32.7 Å². The van der Waals surface area contributed by atoms with Crippen LogP contribution >= 0.6 is 0 Å². The molecule has 0 spiro atoms. The van der Waals surface area contributed by atoms with Crippen LogP contribution in [-0.2, 0) is 30.5 Å². The van der Waals surface area contributed by atoms with Crippen LogP contribution in [0, 0.1) is 5.92 Å². The summed E-state index contributed by atoms with van der Waals surface area (Å²) < 4.78 is 18.1. The zero-order chi connectivity index (χ0) is 43.4. The minimum atomic E-state index is -0.980. The molecule has 5 aromatic rings.